The Balaban J connectivity index is 2.56. The van der Waals surface area contributed by atoms with Gasteiger partial charge in [-0.25, -0.2) is 8.78 Å². The van der Waals surface area contributed by atoms with Crippen molar-refractivity contribution in [3.63, 3.8) is 0 Å². The summed E-state index contributed by atoms with van der Waals surface area (Å²) in [6.07, 6.45) is -2.30. The number of anilines is 1. The van der Waals surface area contributed by atoms with Crippen LogP contribution in [-0.4, -0.2) is 24.9 Å². The minimum Gasteiger partial charge on any atom is -0.398 e. The molecule has 0 aromatic heterocycles. The maximum Gasteiger partial charge on any atom is 0.251 e. The van der Waals surface area contributed by atoms with Crippen LogP contribution in [0.15, 0.2) is 24.3 Å². The van der Waals surface area contributed by atoms with Gasteiger partial charge in [-0.3, -0.25) is 4.90 Å². The third-order valence-electron chi connectivity index (χ3n) is 1.95. The van der Waals surface area contributed by atoms with E-state index in [1.54, 1.807) is 18.0 Å². The molecule has 0 saturated heterocycles. The number of alkyl halides is 2. The highest BCUT2D eigenvalue weighted by Crippen LogP contribution is 2.12. The number of benzene rings is 1. The van der Waals surface area contributed by atoms with E-state index in [0.717, 1.165) is 5.56 Å². The van der Waals surface area contributed by atoms with Gasteiger partial charge in [-0.2, -0.15) is 0 Å². The quantitative estimate of drug-likeness (QED) is 0.753. The SMILES string of the molecule is CN(Cc1ccccc1N)CC(F)F. The first-order valence-corrected chi connectivity index (χ1v) is 4.39. The molecule has 78 valence electrons. The molecule has 0 spiro atoms. The van der Waals surface area contributed by atoms with Crippen molar-refractivity contribution in [3.8, 4) is 0 Å². The van der Waals surface area contributed by atoms with E-state index < -0.39 is 6.43 Å². The van der Waals surface area contributed by atoms with Gasteiger partial charge in [0, 0.05) is 12.2 Å². The van der Waals surface area contributed by atoms with E-state index >= 15 is 0 Å². The Bertz CT molecular complexity index is 289. The molecule has 0 saturated carbocycles. The van der Waals surface area contributed by atoms with Crippen molar-refractivity contribution in [1.82, 2.24) is 4.90 Å². The van der Waals surface area contributed by atoms with Crippen LogP contribution in [0, 0.1) is 0 Å². The van der Waals surface area contributed by atoms with Crippen LogP contribution in [0.25, 0.3) is 0 Å². The first-order chi connectivity index (χ1) is 6.59. The zero-order valence-corrected chi connectivity index (χ0v) is 8.08. The van der Waals surface area contributed by atoms with E-state index in [1.807, 2.05) is 18.2 Å². The van der Waals surface area contributed by atoms with Crippen LogP contribution in [-0.2, 0) is 6.54 Å². The molecule has 0 aliphatic carbocycles. The summed E-state index contributed by atoms with van der Waals surface area (Å²) in [4.78, 5) is 1.55. The molecular formula is C10H14F2N2. The molecule has 0 heterocycles. The number of hydrogen-bond donors (Lipinski definition) is 1. The van der Waals surface area contributed by atoms with E-state index in [1.165, 1.54) is 0 Å². The lowest BCUT2D eigenvalue weighted by atomic mass is 10.2. The van der Waals surface area contributed by atoms with Crippen molar-refractivity contribution < 1.29 is 8.78 Å². The smallest absolute Gasteiger partial charge is 0.251 e. The second-order valence-corrected chi connectivity index (χ2v) is 3.29. The van der Waals surface area contributed by atoms with Gasteiger partial charge in [0.2, 0.25) is 0 Å². The summed E-state index contributed by atoms with van der Waals surface area (Å²) >= 11 is 0. The van der Waals surface area contributed by atoms with Gasteiger partial charge in [-0.05, 0) is 18.7 Å². The van der Waals surface area contributed by atoms with Crippen LogP contribution in [0.2, 0.25) is 0 Å². The normalized spacial score (nSPS) is 11.2. The molecule has 0 aliphatic heterocycles. The topological polar surface area (TPSA) is 29.3 Å². The number of nitrogens with two attached hydrogens (primary N) is 1. The van der Waals surface area contributed by atoms with Gasteiger partial charge in [0.25, 0.3) is 6.43 Å². The average Bonchev–Trinajstić information content (AvgIpc) is 2.07. The molecule has 0 aliphatic rings. The van der Waals surface area contributed by atoms with Gasteiger partial charge < -0.3 is 5.73 Å². The molecule has 2 N–H and O–H groups in total. The van der Waals surface area contributed by atoms with Crippen LogP contribution >= 0.6 is 0 Å². The molecule has 0 unspecified atom stereocenters. The van der Waals surface area contributed by atoms with E-state index in [-0.39, 0.29) is 6.54 Å². The Kier molecular flexibility index (Phi) is 3.83. The molecule has 0 fully saturated rings. The standard InChI is InChI=1S/C10H14F2N2/c1-14(7-10(11)12)6-8-4-2-3-5-9(8)13/h2-5,10H,6-7,13H2,1H3. The Hall–Kier alpha value is -1.16. The minimum atomic E-state index is -2.30. The fraction of sp³-hybridized carbons (Fsp3) is 0.400. The van der Waals surface area contributed by atoms with Gasteiger partial charge in [0.05, 0.1) is 6.54 Å². The number of nitrogen functional groups attached to an aromatic ring is 1. The molecule has 0 bridgehead atoms. The Morgan fingerprint density at radius 3 is 2.57 bits per heavy atom. The lowest BCUT2D eigenvalue weighted by Crippen LogP contribution is -2.24. The van der Waals surface area contributed by atoms with Crippen LogP contribution in [0.4, 0.5) is 14.5 Å². The molecule has 1 aromatic rings. The first-order valence-electron chi connectivity index (χ1n) is 4.39. The van der Waals surface area contributed by atoms with E-state index in [2.05, 4.69) is 0 Å². The molecule has 0 atom stereocenters. The summed E-state index contributed by atoms with van der Waals surface area (Å²) in [6.45, 7) is 0.228. The molecule has 2 nitrogen and oxygen atoms in total. The van der Waals surface area contributed by atoms with E-state index in [9.17, 15) is 8.78 Å². The van der Waals surface area contributed by atoms with Crippen molar-refractivity contribution in [2.24, 2.45) is 0 Å². The summed E-state index contributed by atoms with van der Waals surface area (Å²) in [5.74, 6) is 0. The highest BCUT2D eigenvalue weighted by atomic mass is 19.3. The summed E-state index contributed by atoms with van der Waals surface area (Å²) in [7, 11) is 1.65. The third kappa shape index (κ3) is 3.30. The molecule has 4 heteroatoms. The average molecular weight is 200 g/mol. The monoisotopic (exact) mass is 200 g/mol. The van der Waals surface area contributed by atoms with E-state index in [4.69, 9.17) is 5.73 Å². The lowest BCUT2D eigenvalue weighted by Gasteiger charge is -2.16. The van der Waals surface area contributed by atoms with Crippen molar-refractivity contribution in [2.45, 2.75) is 13.0 Å². The van der Waals surface area contributed by atoms with Gasteiger partial charge >= 0.3 is 0 Å². The zero-order chi connectivity index (χ0) is 10.6. The van der Waals surface area contributed by atoms with Crippen molar-refractivity contribution in [1.29, 1.82) is 0 Å². The van der Waals surface area contributed by atoms with Crippen molar-refractivity contribution in [2.75, 3.05) is 19.3 Å². The summed E-state index contributed by atoms with van der Waals surface area (Å²) in [5, 5.41) is 0. The second kappa shape index (κ2) is 4.91. The molecule has 1 aromatic carbocycles. The number of rotatable bonds is 4. The lowest BCUT2D eigenvalue weighted by molar-refractivity contribution is 0.0976. The molecule has 0 amide bonds. The van der Waals surface area contributed by atoms with Gasteiger partial charge in [-0.15, -0.1) is 0 Å². The van der Waals surface area contributed by atoms with Crippen LogP contribution in [0.1, 0.15) is 5.56 Å². The third-order valence-corrected chi connectivity index (χ3v) is 1.95. The maximum atomic E-state index is 12.0. The number of hydrogen-bond acceptors (Lipinski definition) is 2. The summed E-state index contributed by atoms with van der Waals surface area (Å²) in [6, 6.07) is 7.29. The number of nitrogens with zero attached hydrogens (tertiary/aromatic N) is 1. The zero-order valence-electron chi connectivity index (χ0n) is 8.08. The highest BCUT2D eigenvalue weighted by Gasteiger charge is 2.08. The first kappa shape index (κ1) is 10.9. The van der Waals surface area contributed by atoms with E-state index in [0.29, 0.717) is 12.2 Å². The second-order valence-electron chi connectivity index (χ2n) is 3.29. The van der Waals surface area contributed by atoms with Gasteiger partial charge in [0.15, 0.2) is 0 Å². The van der Waals surface area contributed by atoms with Crippen LogP contribution in [0.5, 0.6) is 0 Å². The predicted molar refractivity (Wildman–Crippen MR) is 53.2 cm³/mol. The Morgan fingerprint density at radius 2 is 2.00 bits per heavy atom. The van der Waals surface area contributed by atoms with Gasteiger partial charge in [0.1, 0.15) is 0 Å². The highest BCUT2D eigenvalue weighted by molar-refractivity contribution is 5.46. The van der Waals surface area contributed by atoms with Crippen molar-refractivity contribution >= 4 is 5.69 Å². The van der Waals surface area contributed by atoms with Gasteiger partial charge in [-0.1, -0.05) is 18.2 Å². The Labute approximate surface area is 82.3 Å². The minimum absolute atomic E-state index is 0.228. The Morgan fingerprint density at radius 1 is 1.36 bits per heavy atom. The number of para-hydroxylation sites is 1. The fourth-order valence-corrected chi connectivity index (χ4v) is 1.27. The van der Waals surface area contributed by atoms with Crippen molar-refractivity contribution in [3.05, 3.63) is 29.8 Å². The molecule has 14 heavy (non-hydrogen) atoms. The predicted octanol–water partition coefficient (Wildman–Crippen LogP) is 1.97. The van der Waals surface area contributed by atoms with Crippen LogP contribution < -0.4 is 5.73 Å². The molecule has 0 radical (unpaired) electrons. The molecular weight excluding hydrogens is 186 g/mol. The summed E-state index contributed by atoms with van der Waals surface area (Å²) < 4.78 is 24.0. The summed E-state index contributed by atoms with van der Waals surface area (Å²) in [5.41, 5.74) is 7.22. The maximum absolute atomic E-state index is 12.0. The molecule has 1 rings (SSSR count). The van der Waals surface area contributed by atoms with Crippen LogP contribution in [0.3, 0.4) is 0 Å². The fourth-order valence-electron chi connectivity index (χ4n) is 1.27. The number of halogens is 2. The largest absolute Gasteiger partial charge is 0.398 e.